The molecule has 2 atom stereocenters. The van der Waals surface area contributed by atoms with E-state index in [2.05, 4.69) is 21.4 Å². The molecule has 0 spiro atoms. The van der Waals surface area contributed by atoms with Crippen molar-refractivity contribution in [1.29, 1.82) is 0 Å². The zero-order chi connectivity index (χ0) is 9.68. The predicted molar refractivity (Wildman–Crippen MR) is 59.0 cm³/mol. The minimum Gasteiger partial charge on any atom is -0.490 e. The Morgan fingerprint density at radius 1 is 1.38 bits per heavy atom. The molecule has 3 heteroatoms. The Kier molecular flexibility index (Phi) is 4.20. The molecule has 0 bridgehead atoms. The Labute approximate surface area is 81.7 Å². The fraction of sp³-hybridized carbons (Fsp3) is 0.400. The molecule has 0 aliphatic heterocycles. The Bertz CT molecular complexity index is 246. The minimum atomic E-state index is 0.216. The molecule has 13 heavy (non-hydrogen) atoms. The lowest BCUT2D eigenvalue weighted by Crippen LogP contribution is -2.17. The number of nitrogens with two attached hydrogens (primary N) is 1. The fourth-order valence-electron chi connectivity index (χ4n) is 1.19. The third kappa shape index (κ3) is 3.75. The van der Waals surface area contributed by atoms with Gasteiger partial charge in [-0.3, -0.25) is 0 Å². The van der Waals surface area contributed by atoms with Crippen molar-refractivity contribution in [3.05, 3.63) is 29.8 Å². The lowest BCUT2D eigenvalue weighted by molar-refractivity contribution is 0.392. The van der Waals surface area contributed by atoms with Crippen LogP contribution >= 0.6 is 9.24 Å². The lowest BCUT2D eigenvalue weighted by atomic mass is 10.1. The van der Waals surface area contributed by atoms with E-state index in [4.69, 9.17) is 10.5 Å². The zero-order valence-electron chi connectivity index (χ0n) is 7.86. The molecule has 1 aromatic rings. The van der Waals surface area contributed by atoms with E-state index in [9.17, 15) is 0 Å². The van der Waals surface area contributed by atoms with Crippen molar-refractivity contribution in [2.75, 3.05) is 6.35 Å². The van der Waals surface area contributed by atoms with Crippen molar-refractivity contribution in [1.82, 2.24) is 0 Å². The highest BCUT2D eigenvalue weighted by atomic mass is 31.0. The van der Waals surface area contributed by atoms with E-state index in [-0.39, 0.29) is 6.04 Å². The largest absolute Gasteiger partial charge is 0.490 e. The topological polar surface area (TPSA) is 35.2 Å². The van der Waals surface area contributed by atoms with Crippen molar-refractivity contribution >= 4 is 9.24 Å². The van der Waals surface area contributed by atoms with Crippen LogP contribution in [0.25, 0.3) is 0 Å². The van der Waals surface area contributed by atoms with Gasteiger partial charge in [0, 0.05) is 6.04 Å². The maximum absolute atomic E-state index is 5.69. The molecule has 0 heterocycles. The van der Waals surface area contributed by atoms with Gasteiger partial charge >= 0.3 is 0 Å². The smallest absolute Gasteiger partial charge is 0.119 e. The van der Waals surface area contributed by atoms with Crippen molar-refractivity contribution in [3.63, 3.8) is 0 Å². The molecule has 72 valence electrons. The van der Waals surface area contributed by atoms with E-state index in [0.717, 1.165) is 12.2 Å². The highest BCUT2D eigenvalue weighted by molar-refractivity contribution is 7.16. The van der Waals surface area contributed by atoms with Gasteiger partial charge in [0.2, 0.25) is 0 Å². The molecule has 0 aliphatic carbocycles. The SMILES string of the molecule is C[C@@H](N)Cc1ccc(OCP)cc1. The average molecular weight is 197 g/mol. The molecular formula is C10H16NOP. The number of benzene rings is 1. The van der Waals surface area contributed by atoms with Crippen LogP contribution in [-0.2, 0) is 6.42 Å². The first-order valence-corrected chi connectivity index (χ1v) is 5.21. The third-order valence-corrected chi connectivity index (χ3v) is 1.90. The molecule has 0 radical (unpaired) electrons. The van der Waals surface area contributed by atoms with Gasteiger partial charge in [-0.2, -0.15) is 0 Å². The van der Waals surface area contributed by atoms with Crippen molar-refractivity contribution in [3.8, 4) is 5.75 Å². The van der Waals surface area contributed by atoms with E-state index < -0.39 is 0 Å². The van der Waals surface area contributed by atoms with E-state index in [0.29, 0.717) is 6.35 Å². The molecule has 2 N–H and O–H groups in total. The monoisotopic (exact) mass is 197 g/mol. The summed E-state index contributed by atoms with van der Waals surface area (Å²) in [5.41, 5.74) is 6.94. The number of hydrogen-bond acceptors (Lipinski definition) is 2. The summed E-state index contributed by atoms with van der Waals surface area (Å²) in [5, 5.41) is 0. The number of ether oxygens (including phenoxy) is 1. The molecule has 1 aromatic carbocycles. The summed E-state index contributed by atoms with van der Waals surface area (Å²) in [6.07, 6.45) is 1.55. The summed E-state index contributed by atoms with van der Waals surface area (Å²) in [6, 6.07) is 8.27. The zero-order valence-corrected chi connectivity index (χ0v) is 9.02. The molecule has 2 nitrogen and oxygen atoms in total. The highest BCUT2D eigenvalue weighted by Crippen LogP contribution is 2.13. The van der Waals surface area contributed by atoms with Crippen LogP contribution in [0.3, 0.4) is 0 Å². The maximum atomic E-state index is 5.69. The molecule has 0 saturated carbocycles. The molecule has 0 saturated heterocycles. The fourth-order valence-corrected chi connectivity index (χ4v) is 1.38. The molecule has 0 aliphatic rings. The van der Waals surface area contributed by atoms with Crippen LogP contribution in [0.2, 0.25) is 0 Å². The van der Waals surface area contributed by atoms with Crippen LogP contribution in [0.4, 0.5) is 0 Å². The standard InChI is InChI=1S/C10H16NOP/c1-8(11)6-9-2-4-10(5-3-9)12-7-13/h2-5,8H,6-7,11,13H2,1H3/t8-/m1/s1. The van der Waals surface area contributed by atoms with Crippen molar-refractivity contribution in [2.24, 2.45) is 5.73 Å². The van der Waals surface area contributed by atoms with Crippen molar-refractivity contribution < 1.29 is 4.74 Å². The van der Waals surface area contributed by atoms with E-state index in [1.165, 1.54) is 5.56 Å². The van der Waals surface area contributed by atoms with E-state index >= 15 is 0 Å². The van der Waals surface area contributed by atoms with Crippen LogP contribution in [0.1, 0.15) is 12.5 Å². The van der Waals surface area contributed by atoms with E-state index in [1.807, 2.05) is 19.1 Å². The average Bonchev–Trinajstić information content (AvgIpc) is 2.08. The second-order valence-electron chi connectivity index (χ2n) is 3.14. The Balaban J connectivity index is 2.59. The van der Waals surface area contributed by atoms with Gasteiger partial charge in [0.25, 0.3) is 0 Å². The van der Waals surface area contributed by atoms with Crippen LogP contribution in [-0.4, -0.2) is 12.4 Å². The van der Waals surface area contributed by atoms with Gasteiger partial charge in [-0.05, 0) is 31.0 Å². The van der Waals surface area contributed by atoms with Gasteiger partial charge in [-0.1, -0.05) is 21.4 Å². The predicted octanol–water partition coefficient (Wildman–Crippen LogP) is 1.79. The Morgan fingerprint density at radius 2 is 2.00 bits per heavy atom. The molecular weight excluding hydrogens is 181 g/mol. The first-order valence-electron chi connectivity index (χ1n) is 4.39. The molecule has 0 fully saturated rings. The first-order chi connectivity index (χ1) is 6.22. The van der Waals surface area contributed by atoms with Gasteiger partial charge in [0.1, 0.15) is 12.1 Å². The molecule has 1 rings (SSSR count). The summed E-state index contributed by atoms with van der Waals surface area (Å²) in [4.78, 5) is 0. The first kappa shape index (κ1) is 10.5. The van der Waals surface area contributed by atoms with Gasteiger partial charge in [0.15, 0.2) is 0 Å². The van der Waals surface area contributed by atoms with Gasteiger partial charge in [-0.15, -0.1) is 0 Å². The molecule has 0 aromatic heterocycles. The summed E-state index contributed by atoms with van der Waals surface area (Å²) >= 11 is 0. The Hall–Kier alpha value is -0.590. The maximum Gasteiger partial charge on any atom is 0.119 e. The second-order valence-corrected chi connectivity index (χ2v) is 3.47. The quantitative estimate of drug-likeness (QED) is 0.747. The number of rotatable bonds is 4. The van der Waals surface area contributed by atoms with Gasteiger partial charge in [0.05, 0.1) is 0 Å². The molecule has 1 unspecified atom stereocenters. The minimum absolute atomic E-state index is 0.216. The summed E-state index contributed by atoms with van der Waals surface area (Å²) in [7, 11) is 2.52. The van der Waals surface area contributed by atoms with Gasteiger partial charge in [-0.25, -0.2) is 0 Å². The van der Waals surface area contributed by atoms with Crippen LogP contribution in [0.5, 0.6) is 5.75 Å². The van der Waals surface area contributed by atoms with Crippen LogP contribution < -0.4 is 10.5 Å². The second kappa shape index (κ2) is 5.21. The summed E-state index contributed by atoms with van der Waals surface area (Å²) in [5.74, 6) is 0.906. The summed E-state index contributed by atoms with van der Waals surface area (Å²) < 4.78 is 5.30. The lowest BCUT2D eigenvalue weighted by Gasteiger charge is -2.06. The van der Waals surface area contributed by atoms with Crippen LogP contribution in [0.15, 0.2) is 24.3 Å². The Morgan fingerprint density at radius 3 is 2.46 bits per heavy atom. The van der Waals surface area contributed by atoms with Gasteiger partial charge < -0.3 is 10.5 Å². The molecule has 0 amide bonds. The normalized spacial score (nSPS) is 12.5. The van der Waals surface area contributed by atoms with E-state index in [1.54, 1.807) is 0 Å². The summed E-state index contributed by atoms with van der Waals surface area (Å²) in [6.45, 7) is 2.01. The third-order valence-electron chi connectivity index (χ3n) is 1.73. The number of hydrogen-bond donors (Lipinski definition) is 1. The van der Waals surface area contributed by atoms with Crippen molar-refractivity contribution in [2.45, 2.75) is 19.4 Å². The van der Waals surface area contributed by atoms with Crippen LogP contribution in [0, 0.1) is 0 Å². The highest BCUT2D eigenvalue weighted by Gasteiger charge is 1.97.